The Hall–Kier alpha value is -1.37. The molecule has 0 spiro atoms. The van der Waals surface area contributed by atoms with Gasteiger partial charge in [0.25, 0.3) is 0 Å². The lowest BCUT2D eigenvalue weighted by Crippen LogP contribution is -2.14. The van der Waals surface area contributed by atoms with Crippen LogP contribution in [-0.4, -0.2) is 16.5 Å². The summed E-state index contributed by atoms with van der Waals surface area (Å²) < 4.78 is 0. The monoisotopic (exact) mass is 247 g/mol. The third-order valence-electron chi connectivity index (χ3n) is 3.08. The number of benzene rings is 1. The van der Waals surface area contributed by atoms with E-state index in [-0.39, 0.29) is 18.3 Å². The zero-order valence-electron chi connectivity index (χ0n) is 11.4. The maximum atomic E-state index is 9.24. The van der Waals surface area contributed by atoms with Crippen LogP contribution in [0.3, 0.4) is 0 Å². The first-order chi connectivity index (χ1) is 8.36. The van der Waals surface area contributed by atoms with Crippen molar-refractivity contribution in [2.24, 2.45) is 0 Å². The Bertz CT molecular complexity index is 427. The summed E-state index contributed by atoms with van der Waals surface area (Å²) in [6.45, 7) is 8.20. The highest BCUT2D eigenvalue weighted by Gasteiger charge is 2.17. The lowest BCUT2D eigenvalue weighted by atomic mass is 9.85. The van der Waals surface area contributed by atoms with Gasteiger partial charge in [0.2, 0.25) is 0 Å². The number of hydrogen-bond donors (Lipinski definition) is 2. The second-order valence-electron chi connectivity index (χ2n) is 5.24. The van der Waals surface area contributed by atoms with Gasteiger partial charge in [-0.05, 0) is 40.7 Å². The van der Waals surface area contributed by atoms with Crippen LogP contribution in [0, 0.1) is 11.3 Å². The normalized spacial score (nSPS) is 11.3. The maximum Gasteiger partial charge on any atom is 0.155 e. The van der Waals surface area contributed by atoms with E-state index in [9.17, 15) is 10.2 Å². The van der Waals surface area contributed by atoms with E-state index in [4.69, 9.17) is 5.26 Å². The van der Waals surface area contributed by atoms with Gasteiger partial charge in [-0.25, -0.2) is 0 Å². The second kappa shape index (κ2) is 5.99. The number of rotatable bonds is 4. The minimum atomic E-state index is -1.35. The molecule has 3 nitrogen and oxygen atoms in total. The number of nitrogens with zero attached hydrogens (tertiary/aromatic N) is 1. The molecule has 0 heterocycles. The predicted molar refractivity (Wildman–Crippen MR) is 71.3 cm³/mol. The fourth-order valence-corrected chi connectivity index (χ4v) is 2.23. The van der Waals surface area contributed by atoms with Crippen LogP contribution >= 0.6 is 0 Å². The van der Waals surface area contributed by atoms with Gasteiger partial charge in [0.15, 0.2) is 6.29 Å². The van der Waals surface area contributed by atoms with Gasteiger partial charge in [-0.2, -0.15) is 5.26 Å². The molecule has 0 amide bonds. The Balaban J connectivity index is 3.46. The standard InChI is InChI=1S/C15H21NO2/c1-9(2)12-5-11(8-16)6-13(10(3)4)14(12)7-15(17)18/h5-6,9-10,15,17-18H,7H2,1-4H3. The zero-order valence-corrected chi connectivity index (χ0v) is 11.4. The van der Waals surface area contributed by atoms with Gasteiger partial charge in [-0.15, -0.1) is 0 Å². The quantitative estimate of drug-likeness (QED) is 0.804. The van der Waals surface area contributed by atoms with Gasteiger partial charge in [0.05, 0.1) is 11.6 Å². The van der Waals surface area contributed by atoms with Crippen LogP contribution in [0.1, 0.15) is 61.8 Å². The van der Waals surface area contributed by atoms with Crippen LogP contribution in [-0.2, 0) is 6.42 Å². The molecule has 98 valence electrons. The molecule has 1 aromatic carbocycles. The highest BCUT2D eigenvalue weighted by atomic mass is 16.5. The molecule has 0 aliphatic carbocycles. The smallest absolute Gasteiger partial charge is 0.155 e. The molecular formula is C15H21NO2. The highest BCUT2D eigenvalue weighted by Crippen LogP contribution is 2.30. The first-order valence-corrected chi connectivity index (χ1v) is 6.29. The molecule has 0 bridgehead atoms. The third kappa shape index (κ3) is 3.32. The molecule has 1 aromatic rings. The van der Waals surface area contributed by atoms with Crippen molar-refractivity contribution >= 4 is 0 Å². The Morgan fingerprint density at radius 3 is 1.78 bits per heavy atom. The van der Waals surface area contributed by atoms with Crippen molar-refractivity contribution < 1.29 is 10.2 Å². The van der Waals surface area contributed by atoms with E-state index in [1.165, 1.54) is 0 Å². The molecule has 0 aromatic heterocycles. The SMILES string of the molecule is CC(C)c1cc(C#N)cc(C(C)C)c1CC(O)O. The van der Waals surface area contributed by atoms with Crippen molar-refractivity contribution in [2.45, 2.75) is 52.2 Å². The zero-order chi connectivity index (χ0) is 13.9. The van der Waals surface area contributed by atoms with E-state index >= 15 is 0 Å². The van der Waals surface area contributed by atoms with Crippen molar-refractivity contribution in [1.82, 2.24) is 0 Å². The summed E-state index contributed by atoms with van der Waals surface area (Å²) in [5.74, 6) is 0.508. The average molecular weight is 247 g/mol. The molecule has 0 aliphatic rings. The molecule has 0 unspecified atom stereocenters. The van der Waals surface area contributed by atoms with Gasteiger partial charge in [-0.3, -0.25) is 0 Å². The topological polar surface area (TPSA) is 64.2 Å². The van der Waals surface area contributed by atoms with Crippen LogP contribution < -0.4 is 0 Å². The van der Waals surface area contributed by atoms with Crippen LogP contribution in [0.5, 0.6) is 0 Å². The molecule has 0 aliphatic heterocycles. The Labute approximate surface area is 109 Å². The summed E-state index contributed by atoms with van der Waals surface area (Å²) in [4.78, 5) is 0. The van der Waals surface area contributed by atoms with E-state index in [0.29, 0.717) is 5.56 Å². The summed E-state index contributed by atoms with van der Waals surface area (Å²) in [5, 5.41) is 27.5. The molecule has 0 saturated heterocycles. The molecule has 3 heteroatoms. The summed E-state index contributed by atoms with van der Waals surface area (Å²) >= 11 is 0. The lowest BCUT2D eigenvalue weighted by molar-refractivity contribution is -0.0384. The van der Waals surface area contributed by atoms with Crippen molar-refractivity contribution in [3.05, 3.63) is 34.4 Å². The van der Waals surface area contributed by atoms with Gasteiger partial charge < -0.3 is 10.2 Å². The van der Waals surface area contributed by atoms with Crippen LogP contribution in [0.2, 0.25) is 0 Å². The summed E-state index contributed by atoms with van der Waals surface area (Å²) in [6.07, 6.45) is -1.14. The van der Waals surface area contributed by atoms with Gasteiger partial charge in [-0.1, -0.05) is 27.7 Å². The maximum absolute atomic E-state index is 9.24. The average Bonchev–Trinajstić information content (AvgIpc) is 2.27. The van der Waals surface area contributed by atoms with Crippen molar-refractivity contribution in [3.8, 4) is 6.07 Å². The van der Waals surface area contributed by atoms with Gasteiger partial charge in [0.1, 0.15) is 0 Å². The van der Waals surface area contributed by atoms with E-state index in [0.717, 1.165) is 16.7 Å². The minimum absolute atomic E-state index is 0.215. The Kier molecular flexibility index (Phi) is 4.89. The van der Waals surface area contributed by atoms with E-state index in [1.54, 1.807) is 0 Å². The number of nitriles is 1. The summed E-state index contributed by atoms with van der Waals surface area (Å²) in [5.41, 5.74) is 3.67. The molecule has 1 rings (SSSR count). The third-order valence-corrected chi connectivity index (χ3v) is 3.08. The second-order valence-corrected chi connectivity index (χ2v) is 5.24. The molecule has 18 heavy (non-hydrogen) atoms. The highest BCUT2D eigenvalue weighted by molar-refractivity contribution is 5.46. The summed E-state index contributed by atoms with van der Waals surface area (Å²) in [6, 6.07) is 5.88. The Morgan fingerprint density at radius 1 is 1.06 bits per heavy atom. The molecule has 0 saturated carbocycles. The lowest BCUT2D eigenvalue weighted by Gasteiger charge is -2.21. The van der Waals surface area contributed by atoms with Crippen molar-refractivity contribution in [3.63, 3.8) is 0 Å². The largest absolute Gasteiger partial charge is 0.368 e. The van der Waals surface area contributed by atoms with Gasteiger partial charge in [0, 0.05) is 6.42 Å². The molecule has 0 fully saturated rings. The van der Waals surface area contributed by atoms with Crippen molar-refractivity contribution in [2.75, 3.05) is 0 Å². The number of aliphatic hydroxyl groups is 2. The predicted octanol–water partition coefficient (Wildman–Crippen LogP) is 2.66. The fraction of sp³-hybridized carbons (Fsp3) is 0.533. The van der Waals surface area contributed by atoms with E-state index in [2.05, 4.69) is 6.07 Å². The van der Waals surface area contributed by atoms with Crippen LogP contribution in [0.25, 0.3) is 0 Å². The van der Waals surface area contributed by atoms with Gasteiger partial charge >= 0.3 is 0 Å². The molecular weight excluding hydrogens is 226 g/mol. The molecule has 0 atom stereocenters. The number of aliphatic hydroxyl groups excluding tert-OH is 1. The summed E-state index contributed by atoms with van der Waals surface area (Å²) in [7, 11) is 0. The Morgan fingerprint density at radius 2 is 1.50 bits per heavy atom. The first-order valence-electron chi connectivity index (χ1n) is 6.29. The van der Waals surface area contributed by atoms with Crippen molar-refractivity contribution in [1.29, 1.82) is 5.26 Å². The van der Waals surface area contributed by atoms with E-state index < -0.39 is 6.29 Å². The molecule has 0 radical (unpaired) electrons. The number of hydrogen-bond acceptors (Lipinski definition) is 3. The minimum Gasteiger partial charge on any atom is -0.368 e. The van der Waals surface area contributed by atoms with E-state index in [1.807, 2.05) is 39.8 Å². The van der Waals surface area contributed by atoms with Crippen LogP contribution in [0.15, 0.2) is 12.1 Å². The first kappa shape index (κ1) is 14.7. The fourth-order valence-electron chi connectivity index (χ4n) is 2.23. The van der Waals surface area contributed by atoms with Crippen LogP contribution in [0.4, 0.5) is 0 Å². The molecule has 2 N–H and O–H groups in total.